The minimum absolute atomic E-state index is 0.0909. The molecule has 80 valence electrons. The number of aromatic nitrogens is 4. The number of hydrogen-bond acceptors (Lipinski definition) is 6. The second-order valence-electron chi connectivity index (χ2n) is 2.68. The largest absolute Gasteiger partial charge is 0.401 e. The summed E-state index contributed by atoms with van der Waals surface area (Å²) >= 11 is 3.17. The van der Waals surface area contributed by atoms with Gasteiger partial charge < -0.3 is 4.74 Å². The molecule has 0 atom stereocenters. The van der Waals surface area contributed by atoms with Crippen molar-refractivity contribution in [3.8, 4) is 5.88 Å². The highest BCUT2D eigenvalue weighted by atomic mass is 79.9. The zero-order chi connectivity index (χ0) is 11.4. The SMILES string of the molecule is O=C(Oc1cccnn1)c1nnccc1Br. The Morgan fingerprint density at radius 1 is 1.19 bits per heavy atom. The van der Waals surface area contributed by atoms with Crippen molar-refractivity contribution in [3.05, 3.63) is 40.8 Å². The predicted octanol–water partition coefficient (Wildman–Crippen LogP) is 1.25. The Bertz CT molecular complexity index is 506. The van der Waals surface area contributed by atoms with Gasteiger partial charge >= 0.3 is 5.97 Å². The molecule has 16 heavy (non-hydrogen) atoms. The normalized spacial score (nSPS) is 9.81. The molecule has 0 aliphatic carbocycles. The van der Waals surface area contributed by atoms with Crippen molar-refractivity contribution in [2.24, 2.45) is 0 Å². The summed E-state index contributed by atoms with van der Waals surface area (Å²) in [5.74, 6) is -0.523. The van der Waals surface area contributed by atoms with Crippen molar-refractivity contribution in [1.82, 2.24) is 20.4 Å². The molecule has 0 amide bonds. The molecule has 6 nitrogen and oxygen atoms in total. The van der Waals surface area contributed by atoms with Gasteiger partial charge in [-0.2, -0.15) is 10.2 Å². The lowest BCUT2D eigenvalue weighted by molar-refractivity contribution is 0.0717. The maximum absolute atomic E-state index is 11.6. The van der Waals surface area contributed by atoms with Gasteiger partial charge in [0.2, 0.25) is 5.88 Å². The summed E-state index contributed by atoms with van der Waals surface area (Å²) in [6, 6.07) is 4.73. The van der Waals surface area contributed by atoms with Gasteiger partial charge in [-0.1, -0.05) is 0 Å². The van der Waals surface area contributed by atoms with Gasteiger partial charge in [-0.3, -0.25) is 0 Å². The second kappa shape index (κ2) is 4.75. The third kappa shape index (κ3) is 2.37. The van der Waals surface area contributed by atoms with Gasteiger partial charge in [0.1, 0.15) is 0 Å². The average molecular weight is 281 g/mol. The number of carbonyl (C=O) groups excluding carboxylic acids is 1. The molecule has 0 bridgehead atoms. The van der Waals surface area contributed by atoms with E-state index in [2.05, 4.69) is 36.3 Å². The molecule has 0 aliphatic heterocycles. The standard InChI is InChI=1S/C9H5BrN4O2/c10-6-3-5-12-14-8(6)9(15)16-7-2-1-4-11-13-7/h1-5H. The lowest BCUT2D eigenvalue weighted by atomic mass is 10.4. The molecule has 0 radical (unpaired) electrons. The van der Waals surface area contributed by atoms with Gasteiger partial charge in [-0.15, -0.1) is 10.2 Å². The van der Waals surface area contributed by atoms with Crippen LogP contribution in [-0.4, -0.2) is 26.4 Å². The molecule has 0 aromatic carbocycles. The fraction of sp³-hybridized carbons (Fsp3) is 0. The van der Waals surface area contributed by atoms with Crippen LogP contribution in [0.4, 0.5) is 0 Å². The van der Waals surface area contributed by atoms with Gasteiger partial charge in [0.05, 0.1) is 10.7 Å². The lowest BCUT2D eigenvalue weighted by Crippen LogP contribution is -2.13. The highest BCUT2D eigenvalue weighted by molar-refractivity contribution is 9.10. The van der Waals surface area contributed by atoms with Crippen LogP contribution in [0.15, 0.2) is 35.1 Å². The Balaban J connectivity index is 2.19. The number of halogens is 1. The van der Waals surface area contributed by atoms with Crippen molar-refractivity contribution >= 4 is 21.9 Å². The number of carbonyl (C=O) groups is 1. The summed E-state index contributed by atoms with van der Waals surface area (Å²) in [6.07, 6.45) is 2.94. The van der Waals surface area contributed by atoms with Crippen molar-refractivity contribution in [1.29, 1.82) is 0 Å². The highest BCUT2D eigenvalue weighted by Crippen LogP contribution is 2.14. The van der Waals surface area contributed by atoms with Crippen LogP contribution in [0.3, 0.4) is 0 Å². The Morgan fingerprint density at radius 2 is 2.00 bits per heavy atom. The molecule has 0 fully saturated rings. The Kier molecular flexibility index (Phi) is 3.16. The second-order valence-corrected chi connectivity index (χ2v) is 3.53. The van der Waals surface area contributed by atoms with Crippen LogP contribution in [0.5, 0.6) is 5.88 Å². The van der Waals surface area contributed by atoms with E-state index in [0.29, 0.717) is 4.47 Å². The molecule has 0 saturated carbocycles. The summed E-state index contributed by atoms with van der Waals surface area (Å²) in [4.78, 5) is 11.6. The van der Waals surface area contributed by atoms with Gasteiger partial charge in [0, 0.05) is 12.3 Å². The first-order chi connectivity index (χ1) is 7.77. The number of hydrogen-bond donors (Lipinski definition) is 0. The van der Waals surface area contributed by atoms with E-state index in [1.807, 2.05) is 0 Å². The maximum Gasteiger partial charge on any atom is 0.366 e. The molecule has 2 aromatic heterocycles. The van der Waals surface area contributed by atoms with E-state index in [4.69, 9.17) is 4.74 Å². The molecule has 7 heteroatoms. The van der Waals surface area contributed by atoms with E-state index < -0.39 is 5.97 Å². The van der Waals surface area contributed by atoms with Crippen LogP contribution in [0.2, 0.25) is 0 Å². The maximum atomic E-state index is 11.6. The predicted molar refractivity (Wildman–Crippen MR) is 56.7 cm³/mol. The van der Waals surface area contributed by atoms with E-state index in [0.717, 1.165) is 0 Å². The average Bonchev–Trinajstić information content (AvgIpc) is 2.31. The topological polar surface area (TPSA) is 77.9 Å². The van der Waals surface area contributed by atoms with Crippen molar-refractivity contribution in [2.75, 3.05) is 0 Å². The molecule has 2 heterocycles. The van der Waals surface area contributed by atoms with Crippen LogP contribution in [0, 0.1) is 0 Å². The summed E-state index contributed by atoms with van der Waals surface area (Å²) in [5, 5.41) is 14.4. The van der Waals surface area contributed by atoms with E-state index in [-0.39, 0.29) is 11.6 Å². The van der Waals surface area contributed by atoms with Crippen LogP contribution < -0.4 is 4.74 Å². The molecular weight excluding hydrogens is 276 g/mol. The Labute approximate surface area is 98.8 Å². The van der Waals surface area contributed by atoms with E-state index >= 15 is 0 Å². The third-order valence-electron chi connectivity index (χ3n) is 1.61. The number of rotatable bonds is 2. The molecule has 2 rings (SSSR count). The first-order valence-electron chi connectivity index (χ1n) is 4.24. The smallest absolute Gasteiger partial charge is 0.366 e. The minimum atomic E-state index is -0.638. The summed E-state index contributed by atoms with van der Waals surface area (Å²) in [6.45, 7) is 0. The minimum Gasteiger partial charge on any atom is -0.401 e. The summed E-state index contributed by atoms with van der Waals surface area (Å²) < 4.78 is 5.45. The number of nitrogens with zero attached hydrogens (tertiary/aromatic N) is 4. The Hall–Kier alpha value is -1.89. The third-order valence-corrected chi connectivity index (χ3v) is 2.25. The zero-order valence-electron chi connectivity index (χ0n) is 7.87. The van der Waals surface area contributed by atoms with E-state index in [1.54, 1.807) is 12.1 Å². The number of ether oxygens (including phenoxy) is 1. The lowest BCUT2D eigenvalue weighted by Gasteiger charge is -2.01. The number of esters is 1. The molecular formula is C9H5BrN4O2. The summed E-state index contributed by atoms with van der Waals surface area (Å²) in [7, 11) is 0. The van der Waals surface area contributed by atoms with Gasteiger partial charge in [-0.05, 0) is 28.1 Å². The summed E-state index contributed by atoms with van der Waals surface area (Å²) in [5.41, 5.74) is 0.0909. The van der Waals surface area contributed by atoms with Gasteiger partial charge in [0.25, 0.3) is 0 Å². The van der Waals surface area contributed by atoms with Crippen LogP contribution >= 0.6 is 15.9 Å². The van der Waals surface area contributed by atoms with Gasteiger partial charge in [-0.25, -0.2) is 4.79 Å². The fourth-order valence-corrected chi connectivity index (χ4v) is 1.30. The first kappa shape index (κ1) is 10.6. The van der Waals surface area contributed by atoms with Crippen LogP contribution in [0.1, 0.15) is 10.5 Å². The quantitative estimate of drug-likeness (QED) is 0.771. The highest BCUT2D eigenvalue weighted by Gasteiger charge is 2.15. The van der Waals surface area contributed by atoms with Crippen molar-refractivity contribution in [2.45, 2.75) is 0 Å². The van der Waals surface area contributed by atoms with Crippen LogP contribution in [0.25, 0.3) is 0 Å². The molecule has 0 unspecified atom stereocenters. The molecule has 0 saturated heterocycles. The van der Waals surface area contributed by atoms with Crippen molar-refractivity contribution < 1.29 is 9.53 Å². The van der Waals surface area contributed by atoms with E-state index in [9.17, 15) is 4.79 Å². The van der Waals surface area contributed by atoms with E-state index in [1.165, 1.54) is 18.5 Å². The van der Waals surface area contributed by atoms with Crippen molar-refractivity contribution in [3.63, 3.8) is 0 Å². The molecule has 0 spiro atoms. The monoisotopic (exact) mass is 280 g/mol. The fourth-order valence-electron chi connectivity index (χ4n) is 0.940. The molecule has 2 aromatic rings. The molecule has 0 aliphatic rings. The first-order valence-corrected chi connectivity index (χ1v) is 5.04. The molecule has 0 N–H and O–H groups in total. The van der Waals surface area contributed by atoms with Crippen LogP contribution in [-0.2, 0) is 0 Å². The zero-order valence-corrected chi connectivity index (χ0v) is 9.46. The Morgan fingerprint density at radius 3 is 2.69 bits per heavy atom. The van der Waals surface area contributed by atoms with Gasteiger partial charge in [0.15, 0.2) is 5.69 Å².